The molecule has 9 rings (SSSR count). The van der Waals surface area contributed by atoms with E-state index >= 15 is 0 Å². The summed E-state index contributed by atoms with van der Waals surface area (Å²) in [5.74, 6) is 0. The first kappa shape index (κ1) is 23.5. The van der Waals surface area contributed by atoms with Crippen molar-refractivity contribution in [1.29, 1.82) is 0 Å². The summed E-state index contributed by atoms with van der Waals surface area (Å²) >= 11 is 1.87. The van der Waals surface area contributed by atoms with Gasteiger partial charge in [-0.05, 0) is 68.7 Å². The topological polar surface area (TPSA) is 3.24 Å². The highest BCUT2D eigenvalue weighted by Crippen LogP contribution is 2.47. The highest BCUT2D eigenvalue weighted by molar-refractivity contribution is 7.26. The molecular formula is C40H25NS. The van der Waals surface area contributed by atoms with Crippen molar-refractivity contribution in [3.05, 3.63) is 152 Å². The molecule has 1 aromatic heterocycles. The van der Waals surface area contributed by atoms with Gasteiger partial charge in [-0.1, -0.05) is 115 Å². The molecule has 9 aromatic rings. The summed E-state index contributed by atoms with van der Waals surface area (Å²) in [7, 11) is 0. The van der Waals surface area contributed by atoms with E-state index in [1.54, 1.807) is 0 Å². The van der Waals surface area contributed by atoms with Crippen molar-refractivity contribution >= 4 is 91.7 Å². The second kappa shape index (κ2) is 9.17. The van der Waals surface area contributed by atoms with Gasteiger partial charge in [0.2, 0.25) is 0 Å². The molecule has 196 valence electrons. The zero-order valence-electron chi connectivity index (χ0n) is 22.8. The van der Waals surface area contributed by atoms with Gasteiger partial charge in [0.05, 0.1) is 11.4 Å². The van der Waals surface area contributed by atoms with Crippen LogP contribution in [0.5, 0.6) is 0 Å². The SMILES string of the molecule is c1ccc(N(c2cccc3c2ccc2sc4ccccc4c23)c2cc3ccccc3c3c2ccc2ccccc23)cc1. The van der Waals surface area contributed by atoms with E-state index in [9.17, 15) is 0 Å². The Labute approximate surface area is 247 Å². The molecule has 42 heavy (non-hydrogen) atoms. The first-order valence-corrected chi connectivity index (χ1v) is 15.2. The fraction of sp³-hybridized carbons (Fsp3) is 0. The second-order valence-corrected chi connectivity index (χ2v) is 12.0. The predicted molar refractivity (Wildman–Crippen MR) is 184 cm³/mol. The van der Waals surface area contributed by atoms with Crippen LogP contribution in [0.1, 0.15) is 0 Å². The van der Waals surface area contributed by atoms with Crippen LogP contribution in [0.4, 0.5) is 17.1 Å². The summed E-state index contributed by atoms with van der Waals surface area (Å²) in [5, 5.41) is 12.8. The summed E-state index contributed by atoms with van der Waals surface area (Å²) in [6.07, 6.45) is 0. The molecule has 0 saturated carbocycles. The normalized spacial score (nSPS) is 11.8. The van der Waals surface area contributed by atoms with Gasteiger partial charge in [-0.3, -0.25) is 0 Å². The van der Waals surface area contributed by atoms with Crippen molar-refractivity contribution < 1.29 is 0 Å². The molecule has 0 atom stereocenters. The number of hydrogen-bond donors (Lipinski definition) is 0. The number of thiophene rings is 1. The van der Waals surface area contributed by atoms with Crippen molar-refractivity contribution in [2.75, 3.05) is 4.90 Å². The molecule has 0 radical (unpaired) electrons. The molecule has 0 amide bonds. The van der Waals surface area contributed by atoms with Gasteiger partial charge in [-0.25, -0.2) is 0 Å². The maximum Gasteiger partial charge on any atom is 0.0546 e. The van der Waals surface area contributed by atoms with Crippen molar-refractivity contribution in [3.63, 3.8) is 0 Å². The predicted octanol–water partition coefficient (Wildman–Crippen LogP) is 12.1. The molecule has 0 aliphatic rings. The van der Waals surface area contributed by atoms with E-state index in [2.05, 4.69) is 157 Å². The molecule has 0 aliphatic heterocycles. The molecule has 0 spiro atoms. The lowest BCUT2D eigenvalue weighted by molar-refractivity contribution is 1.32. The molecule has 0 N–H and O–H groups in total. The minimum absolute atomic E-state index is 1.14. The summed E-state index contributed by atoms with van der Waals surface area (Å²) in [6, 6.07) is 55.5. The van der Waals surface area contributed by atoms with Crippen LogP contribution in [0.25, 0.3) is 63.3 Å². The van der Waals surface area contributed by atoms with Crippen LogP contribution >= 0.6 is 11.3 Å². The Morgan fingerprint density at radius 2 is 1.02 bits per heavy atom. The molecule has 8 aromatic carbocycles. The quantitative estimate of drug-likeness (QED) is 0.197. The van der Waals surface area contributed by atoms with Crippen molar-refractivity contribution in [1.82, 2.24) is 0 Å². The van der Waals surface area contributed by atoms with Crippen LogP contribution in [-0.4, -0.2) is 0 Å². The molecule has 0 unspecified atom stereocenters. The maximum atomic E-state index is 2.46. The number of nitrogens with zero attached hydrogens (tertiary/aromatic N) is 1. The van der Waals surface area contributed by atoms with Crippen LogP contribution in [-0.2, 0) is 0 Å². The van der Waals surface area contributed by atoms with Gasteiger partial charge < -0.3 is 4.90 Å². The molecule has 1 heterocycles. The third kappa shape index (κ3) is 3.43. The zero-order valence-corrected chi connectivity index (χ0v) is 23.6. The Balaban J connectivity index is 1.43. The van der Waals surface area contributed by atoms with E-state index in [1.165, 1.54) is 74.6 Å². The molecule has 0 saturated heterocycles. The summed E-state index contributed by atoms with van der Waals surface area (Å²) in [5.41, 5.74) is 3.51. The van der Waals surface area contributed by atoms with E-state index in [0.717, 1.165) is 5.69 Å². The van der Waals surface area contributed by atoms with Crippen molar-refractivity contribution in [2.45, 2.75) is 0 Å². The minimum Gasteiger partial charge on any atom is -0.309 e. The smallest absolute Gasteiger partial charge is 0.0546 e. The first-order valence-electron chi connectivity index (χ1n) is 14.4. The Morgan fingerprint density at radius 1 is 0.357 bits per heavy atom. The molecule has 0 fully saturated rings. The fourth-order valence-corrected chi connectivity index (χ4v) is 7.90. The first-order chi connectivity index (χ1) is 20.8. The lowest BCUT2D eigenvalue weighted by Crippen LogP contribution is -2.11. The van der Waals surface area contributed by atoms with Gasteiger partial charge >= 0.3 is 0 Å². The van der Waals surface area contributed by atoms with E-state index in [1.807, 2.05) is 11.3 Å². The lowest BCUT2D eigenvalue weighted by Gasteiger charge is -2.29. The number of benzene rings is 8. The Hall–Kier alpha value is -5.18. The van der Waals surface area contributed by atoms with E-state index in [-0.39, 0.29) is 0 Å². The van der Waals surface area contributed by atoms with Gasteiger partial charge in [0.1, 0.15) is 0 Å². The maximum absolute atomic E-state index is 2.46. The van der Waals surface area contributed by atoms with Crippen LogP contribution in [0.3, 0.4) is 0 Å². The van der Waals surface area contributed by atoms with Gasteiger partial charge in [0.25, 0.3) is 0 Å². The van der Waals surface area contributed by atoms with E-state index in [0.29, 0.717) is 0 Å². The minimum atomic E-state index is 1.14. The average molecular weight is 552 g/mol. The number of rotatable bonds is 3. The van der Waals surface area contributed by atoms with Crippen molar-refractivity contribution in [3.8, 4) is 0 Å². The summed E-state index contributed by atoms with van der Waals surface area (Å²) in [4.78, 5) is 2.46. The number of para-hydroxylation sites is 1. The Bertz CT molecular complexity index is 2460. The van der Waals surface area contributed by atoms with Crippen LogP contribution in [0.2, 0.25) is 0 Å². The summed E-state index contributed by atoms with van der Waals surface area (Å²) < 4.78 is 2.66. The monoisotopic (exact) mass is 551 g/mol. The average Bonchev–Trinajstić information content (AvgIpc) is 3.44. The van der Waals surface area contributed by atoms with E-state index < -0.39 is 0 Å². The number of fused-ring (bicyclic) bond motifs is 10. The van der Waals surface area contributed by atoms with E-state index in [4.69, 9.17) is 0 Å². The zero-order chi connectivity index (χ0) is 27.6. The van der Waals surface area contributed by atoms with Gasteiger partial charge in [0.15, 0.2) is 0 Å². The van der Waals surface area contributed by atoms with Crippen LogP contribution in [0, 0.1) is 0 Å². The second-order valence-electron chi connectivity index (χ2n) is 10.9. The summed E-state index contributed by atoms with van der Waals surface area (Å²) in [6.45, 7) is 0. The molecule has 0 bridgehead atoms. The highest BCUT2D eigenvalue weighted by atomic mass is 32.1. The third-order valence-electron chi connectivity index (χ3n) is 8.60. The third-order valence-corrected chi connectivity index (χ3v) is 9.74. The molecule has 2 heteroatoms. The molecule has 1 nitrogen and oxygen atoms in total. The largest absolute Gasteiger partial charge is 0.309 e. The Morgan fingerprint density at radius 3 is 1.88 bits per heavy atom. The number of hydrogen-bond acceptors (Lipinski definition) is 2. The standard InChI is InChI=1S/C40H25NS/c1-2-13-28(14-3-1)41(35-19-10-18-32-31(35)23-24-38-40(32)34-17-8-9-20-37(34)42-38)36-25-27-12-5-7-16-30(27)39-29-15-6-4-11-26(29)21-22-33(36)39/h1-25H. The van der Waals surface area contributed by atoms with Crippen LogP contribution in [0.15, 0.2) is 152 Å². The number of anilines is 3. The van der Waals surface area contributed by atoms with Crippen molar-refractivity contribution in [2.24, 2.45) is 0 Å². The van der Waals surface area contributed by atoms with Crippen LogP contribution < -0.4 is 4.90 Å². The highest BCUT2D eigenvalue weighted by Gasteiger charge is 2.21. The van der Waals surface area contributed by atoms with Gasteiger partial charge in [-0.15, -0.1) is 11.3 Å². The molecular weight excluding hydrogens is 527 g/mol. The lowest BCUT2D eigenvalue weighted by atomic mass is 9.94. The molecule has 0 aliphatic carbocycles. The van der Waals surface area contributed by atoms with Gasteiger partial charge in [-0.2, -0.15) is 0 Å². The van der Waals surface area contributed by atoms with Gasteiger partial charge in [0, 0.05) is 36.6 Å². The fourth-order valence-electron chi connectivity index (χ4n) is 6.78. The Kier molecular flexibility index (Phi) is 5.13.